The van der Waals surface area contributed by atoms with Crippen LogP contribution in [0.1, 0.15) is 37.0 Å². The summed E-state index contributed by atoms with van der Waals surface area (Å²) >= 11 is 0. The standard InChI is InChI=1S/C18H22N4O3/c1-18(2,3)22-17(24)14-10-12(7-9-20-14)21-16(23)11-13-15(25-4)6-5-8-19-13/h5-10H,11H2,1-4H3,(H,22,24)(H,20,21,23). The van der Waals surface area contributed by atoms with Crippen LogP contribution in [0.4, 0.5) is 5.69 Å². The Balaban J connectivity index is 2.06. The van der Waals surface area contributed by atoms with E-state index < -0.39 is 0 Å². The largest absolute Gasteiger partial charge is 0.495 e. The Morgan fingerprint density at radius 3 is 2.60 bits per heavy atom. The first-order valence-corrected chi connectivity index (χ1v) is 7.85. The van der Waals surface area contributed by atoms with Crippen LogP contribution in [-0.2, 0) is 11.2 Å². The number of ether oxygens (including phenoxy) is 1. The normalized spacial score (nSPS) is 10.9. The molecule has 2 rings (SSSR count). The average molecular weight is 342 g/mol. The number of anilines is 1. The molecule has 25 heavy (non-hydrogen) atoms. The van der Waals surface area contributed by atoms with Crippen molar-refractivity contribution in [1.29, 1.82) is 0 Å². The Hall–Kier alpha value is -2.96. The average Bonchev–Trinajstić information content (AvgIpc) is 2.54. The van der Waals surface area contributed by atoms with Crippen LogP contribution in [0.15, 0.2) is 36.7 Å². The van der Waals surface area contributed by atoms with E-state index in [4.69, 9.17) is 4.74 Å². The van der Waals surface area contributed by atoms with Crippen molar-refractivity contribution in [3.05, 3.63) is 48.0 Å². The van der Waals surface area contributed by atoms with Crippen LogP contribution in [-0.4, -0.2) is 34.4 Å². The molecule has 7 heteroatoms. The molecule has 2 amide bonds. The predicted molar refractivity (Wildman–Crippen MR) is 94.6 cm³/mol. The van der Waals surface area contributed by atoms with Crippen LogP contribution in [0, 0.1) is 0 Å². The quantitative estimate of drug-likeness (QED) is 0.869. The molecule has 0 spiro atoms. The van der Waals surface area contributed by atoms with Gasteiger partial charge in [0.2, 0.25) is 5.91 Å². The third kappa shape index (κ3) is 5.56. The van der Waals surface area contributed by atoms with Gasteiger partial charge in [0.15, 0.2) is 0 Å². The SMILES string of the molecule is COc1cccnc1CC(=O)Nc1ccnc(C(=O)NC(C)(C)C)c1. The smallest absolute Gasteiger partial charge is 0.270 e. The molecule has 0 aliphatic carbocycles. The maximum atomic E-state index is 12.2. The summed E-state index contributed by atoms with van der Waals surface area (Å²) in [5, 5.41) is 5.58. The van der Waals surface area contributed by atoms with Gasteiger partial charge in [-0.05, 0) is 45.0 Å². The molecule has 0 aliphatic heterocycles. The minimum absolute atomic E-state index is 0.0653. The summed E-state index contributed by atoms with van der Waals surface area (Å²) in [7, 11) is 1.53. The molecule has 7 nitrogen and oxygen atoms in total. The topological polar surface area (TPSA) is 93.2 Å². The number of nitrogens with one attached hydrogen (secondary N) is 2. The molecule has 0 aliphatic rings. The van der Waals surface area contributed by atoms with Gasteiger partial charge in [-0.25, -0.2) is 0 Å². The Kier molecular flexibility index (Phi) is 5.69. The van der Waals surface area contributed by atoms with Crippen LogP contribution in [0.25, 0.3) is 0 Å². The summed E-state index contributed by atoms with van der Waals surface area (Å²) in [6, 6.07) is 6.65. The van der Waals surface area contributed by atoms with E-state index in [2.05, 4.69) is 20.6 Å². The zero-order chi connectivity index (χ0) is 18.4. The molecule has 0 radical (unpaired) electrons. The van der Waals surface area contributed by atoms with Gasteiger partial charge in [0, 0.05) is 23.6 Å². The fraction of sp³-hybridized carbons (Fsp3) is 0.333. The van der Waals surface area contributed by atoms with E-state index in [1.165, 1.54) is 19.4 Å². The van der Waals surface area contributed by atoms with Crippen molar-refractivity contribution in [2.45, 2.75) is 32.7 Å². The molecule has 2 aromatic heterocycles. The maximum Gasteiger partial charge on any atom is 0.270 e. The lowest BCUT2D eigenvalue weighted by molar-refractivity contribution is -0.115. The molecule has 132 valence electrons. The second-order valence-corrected chi connectivity index (χ2v) is 6.51. The van der Waals surface area contributed by atoms with E-state index in [0.29, 0.717) is 17.1 Å². The molecule has 2 aromatic rings. The Morgan fingerprint density at radius 2 is 1.92 bits per heavy atom. The molecule has 0 saturated heterocycles. The number of aromatic nitrogens is 2. The second kappa shape index (κ2) is 7.74. The number of nitrogens with zero attached hydrogens (tertiary/aromatic N) is 2. The van der Waals surface area contributed by atoms with E-state index in [-0.39, 0.29) is 29.5 Å². The number of carbonyl (C=O) groups is 2. The molecule has 0 unspecified atom stereocenters. The number of hydrogen-bond donors (Lipinski definition) is 2. The van der Waals surface area contributed by atoms with Crippen molar-refractivity contribution in [2.75, 3.05) is 12.4 Å². The minimum atomic E-state index is -0.368. The van der Waals surface area contributed by atoms with Gasteiger partial charge in [-0.1, -0.05) is 0 Å². The highest BCUT2D eigenvalue weighted by Crippen LogP contribution is 2.16. The number of carbonyl (C=O) groups excluding carboxylic acids is 2. The molecule has 2 N–H and O–H groups in total. The number of amides is 2. The van der Waals surface area contributed by atoms with E-state index in [9.17, 15) is 9.59 Å². The molecule has 0 fully saturated rings. The fourth-order valence-electron chi connectivity index (χ4n) is 2.14. The Morgan fingerprint density at radius 1 is 1.16 bits per heavy atom. The van der Waals surface area contributed by atoms with Crippen molar-refractivity contribution < 1.29 is 14.3 Å². The monoisotopic (exact) mass is 342 g/mol. The number of pyridine rings is 2. The summed E-state index contributed by atoms with van der Waals surface area (Å²) in [4.78, 5) is 32.6. The first-order chi connectivity index (χ1) is 11.8. The third-order valence-electron chi connectivity index (χ3n) is 3.16. The van der Waals surface area contributed by atoms with Crippen LogP contribution in [0.2, 0.25) is 0 Å². The van der Waals surface area contributed by atoms with Gasteiger partial charge in [0.1, 0.15) is 11.4 Å². The van der Waals surface area contributed by atoms with Crippen molar-refractivity contribution in [2.24, 2.45) is 0 Å². The fourth-order valence-corrected chi connectivity index (χ4v) is 2.14. The molecule has 0 saturated carbocycles. The summed E-state index contributed by atoms with van der Waals surface area (Å²) in [5.74, 6) is -0.00186. The molecule has 0 aromatic carbocycles. The molecule has 0 atom stereocenters. The number of methoxy groups -OCH3 is 1. The molecule has 2 heterocycles. The maximum absolute atomic E-state index is 12.2. The van der Waals surface area contributed by atoms with Crippen molar-refractivity contribution >= 4 is 17.5 Å². The predicted octanol–water partition coefficient (Wildman–Crippen LogP) is 2.19. The van der Waals surface area contributed by atoms with E-state index in [1.807, 2.05) is 20.8 Å². The van der Waals surface area contributed by atoms with E-state index >= 15 is 0 Å². The van der Waals surface area contributed by atoms with E-state index in [1.54, 1.807) is 24.4 Å². The molecular formula is C18H22N4O3. The second-order valence-electron chi connectivity index (χ2n) is 6.51. The first-order valence-electron chi connectivity index (χ1n) is 7.85. The highest BCUT2D eigenvalue weighted by atomic mass is 16.5. The first kappa shape index (κ1) is 18.4. The Labute approximate surface area is 146 Å². The van der Waals surface area contributed by atoms with Crippen molar-refractivity contribution in [3.8, 4) is 5.75 Å². The lowest BCUT2D eigenvalue weighted by Crippen LogP contribution is -2.40. The molecule has 0 bridgehead atoms. The summed E-state index contributed by atoms with van der Waals surface area (Å²) in [5.41, 5.74) is 0.910. The van der Waals surface area contributed by atoms with Gasteiger partial charge in [-0.2, -0.15) is 0 Å². The summed E-state index contributed by atoms with van der Waals surface area (Å²) in [6.45, 7) is 5.66. The summed E-state index contributed by atoms with van der Waals surface area (Å²) in [6.07, 6.45) is 3.15. The lowest BCUT2D eigenvalue weighted by atomic mass is 10.1. The Bertz CT molecular complexity index is 769. The van der Waals surface area contributed by atoms with Crippen LogP contribution in [0.5, 0.6) is 5.75 Å². The third-order valence-corrected chi connectivity index (χ3v) is 3.16. The van der Waals surface area contributed by atoms with E-state index in [0.717, 1.165) is 0 Å². The van der Waals surface area contributed by atoms with Gasteiger partial charge >= 0.3 is 0 Å². The van der Waals surface area contributed by atoms with Gasteiger partial charge in [0.25, 0.3) is 5.91 Å². The highest BCUT2D eigenvalue weighted by Gasteiger charge is 2.17. The molecular weight excluding hydrogens is 320 g/mol. The van der Waals surface area contributed by atoms with Crippen LogP contribution in [0.3, 0.4) is 0 Å². The van der Waals surface area contributed by atoms with Gasteiger partial charge < -0.3 is 15.4 Å². The van der Waals surface area contributed by atoms with Crippen LogP contribution >= 0.6 is 0 Å². The van der Waals surface area contributed by atoms with Gasteiger partial charge in [0.05, 0.1) is 19.2 Å². The van der Waals surface area contributed by atoms with Crippen LogP contribution < -0.4 is 15.4 Å². The van der Waals surface area contributed by atoms with Crippen molar-refractivity contribution in [3.63, 3.8) is 0 Å². The van der Waals surface area contributed by atoms with Crippen molar-refractivity contribution in [1.82, 2.24) is 15.3 Å². The van der Waals surface area contributed by atoms with Gasteiger partial charge in [-0.15, -0.1) is 0 Å². The highest BCUT2D eigenvalue weighted by molar-refractivity contribution is 5.96. The van der Waals surface area contributed by atoms with Gasteiger partial charge in [-0.3, -0.25) is 19.6 Å². The minimum Gasteiger partial charge on any atom is -0.495 e. The zero-order valence-corrected chi connectivity index (χ0v) is 14.8. The number of hydrogen-bond acceptors (Lipinski definition) is 5. The zero-order valence-electron chi connectivity index (χ0n) is 14.8. The lowest BCUT2D eigenvalue weighted by Gasteiger charge is -2.20. The number of rotatable bonds is 5. The summed E-state index contributed by atoms with van der Waals surface area (Å²) < 4.78 is 5.19.